The molecule has 1 aliphatic heterocycles. The number of carbonyl (C=O) groups is 1. The monoisotopic (exact) mass is 270 g/mol. The SMILES string of the molecule is CN1CC(NC(=O)c2ccn(C)n2)Cc2ccccc21. The summed E-state index contributed by atoms with van der Waals surface area (Å²) in [5.41, 5.74) is 2.98. The van der Waals surface area contributed by atoms with Crippen LogP contribution in [0.25, 0.3) is 0 Å². The van der Waals surface area contributed by atoms with Crippen LogP contribution < -0.4 is 10.2 Å². The number of para-hydroxylation sites is 1. The van der Waals surface area contributed by atoms with E-state index in [0.717, 1.165) is 13.0 Å². The normalized spacial score (nSPS) is 17.7. The van der Waals surface area contributed by atoms with Crippen LogP contribution in [-0.2, 0) is 13.5 Å². The van der Waals surface area contributed by atoms with Crippen molar-refractivity contribution in [2.75, 3.05) is 18.5 Å². The Morgan fingerprint density at radius 1 is 1.30 bits per heavy atom. The van der Waals surface area contributed by atoms with Gasteiger partial charge in [0.15, 0.2) is 0 Å². The molecule has 1 aromatic carbocycles. The first-order valence-electron chi connectivity index (χ1n) is 6.73. The zero-order valence-electron chi connectivity index (χ0n) is 11.7. The third kappa shape index (κ3) is 2.39. The third-order valence-electron chi connectivity index (χ3n) is 3.64. The quantitative estimate of drug-likeness (QED) is 0.892. The van der Waals surface area contributed by atoms with E-state index in [1.807, 2.05) is 12.1 Å². The van der Waals surface area contributed by atoms with Gasteiger partial charge in [-0.25, -0.2) is 0 Å². The van der Waals surface area contributed by atoms with Crippen molar-refractivity contribution in [1.29, 1.82) is 0 Å². The van der Waals surface area contributed by atoms with Crippen LogP contribution >= 0.6 is 0 Å². The fourth-order valence-electron chi connectivity index (χ4n) is 2.71. The van der Waals surface area contributed by atoms with E-state index in [1.165, 1.54) is 11.3 Å². The molecule has 0 saturated carbocycles. The lowest BCUT2D eigenvalue weighted by Gasteiger charge is -2.33. The molecular weight excluding hydrogens is 252 g/mol. The summed E-state index contributed by atoms with van der Waals surface area (Å²) in [6, 6.07) is 10.2. The van der Waals surface area contributed by atoms with Gasteiger partial charge in [-0.2, -0.15) is 5.10 Å². The largest absolute Gasteiger partial charge is 0.372 e. The van der Waals surface area contributed by atoms with Crippen LogP contribution in [0, 0.1) is 0 Å². The molecule has 2 heterocycles. The Morgan fingerprint density at radius 2 is 2.10 bits per heavy atom. The van der Waals surface area contributed by atoms with Crippen molar-refractivity contribution >= 4 is 11.6 Å². The lowest BCUT2D eigenvalue weighted by Crippen LogP contribution is -2.47. The maximum atomic E-state index is 12.1. The number of aryl methyl sites for hydroxylation is 1. The van der Waals surface area contributed by atoms with Gasteiger partial charge in [-0.05, 0) is 24.1 Å². The molecule has 5 heteroatoms. The van der Waals surface area contributed by atoms with Crippen LogP contribution in [0.2, 0.25) is 0 Å². The first-order valence-corrected chi connectivity index (χ1v) is 6.73. The van der Waals surface area contributed by atoms with Gasteiger partial charge in [-0.1, -0.05) is 18.2 Å². The number of hydrogen-bond acceptors (Lipinski definition) is 3. The molecule has 1 atom stereocenters. The second-order valence-corrected chi connectivity index (χ2v) is 5.26. The molecule has 1 N–H and O–H groups in total. The van der Waals surface area contributed by atoms with E-state index in [9.17, 15) is 4.79 Å². The van der Waals surface area contributed by atoms with E-state index in [2.05, 4.69) is 34.5 Å². The van der Waals surface area contributed by atoms with Gasteiger partial charge in [0.2, 0.25) is 0 Å². The fraction of sp³-hybridized carbons (Fsp3) is 0.333. The smallest absolute Gasteiger partial charge is 0.272 e. The molecule has 20 heavy (non-hydrogen) atoms. The maximum absolute atomic E-state index is 12.1. The van der Waals surface area contributed by atoms with Gasteiger partial charge in [0, 0.05) is 32.5 Å². The number of aromatic nitrogens is 2. The van der Waals surface area contributed by atoms with Gasteiger partial charge in [0.1, 0.15) is 5.69 Å². The number of anilines is 1. The Bertz CT molecular complexity index is 634. The van der Waals surface area contributed by atoms with Gasteiger partial charge in [0.05, 0.1) is 6.04 Å². The Morgan fingerprint density at radius 3 is 2.85 bits per heavy atom. The van der Waals surface area contributed by atoms with Gasteiger partial charge in [0.25, 0.3) is 5.91 Å². The minimum atomic E-state index is -0.108. The number of benzene rings is 1. The highest BCUT2D eigenvalue weighted by molar-refractivity contribution is 5.92. The molecule has 0 aliphatic carbocycles. The van der Waals surface area contributed by atoms with Gasteiger partial charge < -0.3 is 10.2 Å². The summed E-state index contributed by atoms with van der Waals surface area (Å²) >= 11 is 0. The number of rotatable bonds is 2. The first kappa shape index (κ1) is 12.7. The standard InChI is InChI=1S/C15H18N4O/c1-18-10-12(9-11-5-3-4-6-14(11)18)16-15(20)13-7-8-19(2)17-13/h3-8,12H,9-10H2,1-2H3,(H,16,20). The predicted octanol–water partition coefficient (Wildman–Crippen LogP) is 1.21. The summed E-state index contributed by atoms with van der Waals surface area (Å²) in [6.07, 6.45) is 2.64. The van der Waals surface area contributed by atoms with E-state index in [4.69, 9.17) is 0 Å². The summed E-state index contributed by atoms with van der Waals surface area (Å²) < 4.78 is 1.64. The Kier molecular flexibility index (Phi) is 3.18. The van der Waals surface area contributed by atoms with Crippen molar-refractivity contribution in [1.82, 2.24) is 15.1 Å². The van der Waals surface area contributed by atoms with Crippen LogP contribution in [0.4, 0.5) is 5.69 Å². The van der Waals surface area contributed by atoms with E-state index < -0.39 is 0 Å². The number of amides is 1. The van der Waals surface area contributed by atoms with Crippen molar-refractivity contribution in [2.24, 2.45) is 7.05 Å². The second kappa shape index (κ2) is 5.00. The molecule has 1 aliphatic rings. The molecule has 1 unspecified atom stereocenters. The topological polar surface area (TPSA) is 50.2 Å². The molecule has 3 rings (SSSR count). The van der Waals surface area contributed by atoms with E-state index >= 15 is 0 Å². The predicted molar refractivity (Wildman–Crippen MR) is 77.9 cm³/mol. The zero-order valence-corrected chi connectivity index (χ0v) is 11.7. The van der Waals surface area contributed by atoms with Crippen LogP contribution in [0.1, 0.15) is 16.1 Å². The summed E-state index contributed by atoms with van der Waals surface area (Å²) in [4.78, 5) is 14.3. The average Bonchev–Trinajstić information content (AvgIpc) is 2.86. The molecule has 0 radical (unpaired) electrons. The number of hydrogen-bond donors (Lipinski definition) is 1. The van der Waals surface area contributed by atoms with Crippen molar-refractivity contribution in [2.45, 2.75) is 12.5 Å². The molecule has 0 bridgehead atoms. The summed E-state index contributed by atoms with van der Waals surface area (Å²) in [5.74, 6) is -0.108. The van der Waals surface area contributed by atoms with Crippen molar-refractivity contribution in [3.05, 3.63) is 47.8 Å². The molecule has 1 amide bonds. The second-order valence-electron chi connectivity index (χ2n) is 5.26. The number of nitrogens with zero attached hydrogens (tertiary/aromatic N) is 3. The van der Waals surface area contributed by atoms with Crippen LogP contribution in [0.15, 0.2) is 36.5 Å². The lowest BCUT2D eigenvalue weighted by atomic mass is 9.98. The van der Waals surface area contributed by atoms with Crippen molar-refractivity contribution in [3.8, 4) is 0 Å². The minimum absolute atomic E-state index is 0.108. The zero-order chi connectivity index (χ0) is 14.1. The molecule has 104 valence electrons. The van der Waals surface area contributed by atoms with Gasteiger partial charge in [-0.15, -0.1) is 0 Å². The molecular formula is C15H18N4O. The summed E-state index contributed by atoms with van der Waals surface area (Å²) in [7, 11) is 3.86. The Hall–Kier alpha value is -2.30. The average molecular weight is 270 g/mol. The van der Waals surface area contributed by atoms with Crippen LogP contribution in [0.3, 0.4) is 0 Å². The lowest BCUT2D eigenvalue weighted by molar-refractivity contribution is 0.0931. The fourth-order valence-corrected chi connectivity index (χ4v) is 2.71. The maximum Gasteiger partial charge on any atom is 0.272 e. The molecule has 2 aromatic rings. The number of carbonyl (C=O) groups excluding carboxylic acids is 1. The van der Waals surface area contributed by atoms with E-state index in [1.54, 1.807) is 24.0 Å². The third-order valence-corrected chi connectivity index (χ3v) is 3.64. The van der Waals surface area contributed by atoms with Crippen LogP contribution in [-0.4, -0.2) is 35.3 Å². The highest BCUT2D eigenvalue weighted by Crippen LogP contribution is 2.25. The first-order chi connectivity index (χ1) is 9.63. The van der Waals surface area contributed by atoms with Crippen molar-refractivity contribution in [3.63, 3.8) is 0 Å². The minimum Gasteiger partial charge on any atom is -0.372 e. The van der Waals surface area contributed by atoms with Crippen molar-refractivity contribution < 1.29 is 4.79 Å². The molecule has 0 saturated heterocycles. The number of nitrogens with one attached hydrogen (secondary N) is 1. The Labute approximate surface area is 118 Å². The number of fused-ring (bicyclic) bond motifs is 1. The number of likely N-dealkylation sites (N-methyl/N-ethyl adjacent to an activating group) is 1. The molecule has 5 nitrogen and oxygen atoms in total. The molecule has 0 spiro atoms. The van der Waals surface area contributed by atoms with Gasteiger partial charge in [-0.3, -0.25) is 9.48 Å². The Balaban J connectivity index is 1.72. The molecule has 0 fully saturated rings. The van der Waals surface area contributed by atoms with Gasteiger partial charge >= 0.3 is 0 Å². The van der Waals surface area contributed by atoms with E-state index in [-0.39, 0.29) is 11.9 Å². The highest BCUT2D eigenvalue weighted by Gasteiger charge is 2.24. The summed E-state index contributed by atoms with van der Waals surface area (Å²) in [6.45, 7) is 0.815. The summed E-state index contributed by atoms with van der Waals surface area (Å²) in [5, 5.41) is 7.19. The molecule has 1 aromatic heterocycles. The highest BCUT2D eigenvalue weighted by atomic mass is 16.2. The van der Waals surface area contributed by atoms with Crippen LogP contribution in [0.5, 0.6) is 0 Å². The van der Waals surface area contributed by atoms with E-state index in [0.29, 0.717) is 5.69 Å².